The first kappa shape index (κ1) is 22.5. The molecule has 0 saturated heterocycles. The summed E-state index contributed by atoms with van der Waals surface area (Å²) in [4.78, 5) is 40.4. The van der Waals surface area contributed by atoms with E-state index in [-0.39, 0.29) is 23.5 Å². The van der Waals surface area contributed by atoms with Gasteiger partial charge in [-0.3, -0.25) is 14.4 Å². The Hall–Kier alpha value is -4.24. The normalized spacial score (nSPS) is 12.7. The molecule has 7 nitrogen and oxygen atoms in total. The second kappa shape index (κ2) is 9.55. The number of carbonyl (C=O) groups is 3. The lowest BCUT2D eigenvalue weighted by Gasteiger charge is -2.30. The number of anilines is 3. The van der Waals surface area contributed by atoms with Gasteiger partial charge in [0.05, 0.1) is 16.1 Å². The van der Waals surface area contributed by atoms with Crippen LogP contribution in [-0.4, -0.2) is 24.3 Å². The molecule has 2 aromatic heterocycles. The molecule has 0 saturated carbocycles. The van der Waals surface area contributed by atoms with Gasteiger partial charge in [0.25, 0.3) is 17.7 Å². The van der Waals surface area contributed by atoms with Crippen LogP contribution in [-0.2, 0) is 6.42 Å². The van der Waals surface area contributed by atoms with Crippen molar-refractivity contribution in [2.75, 3.05) is 22.1 Å². The van der Waals surface area contributed by atoms with Crippen molar-refractivity contribution in [3.63, 3.8) is 0 Å². The van der Waals surface area contributed by atoms with Crippen molar-refractivity contribution < 1.29 is 23.2 Å². The molecule has 2 N–H and O–H groups in total. The van der Waals surface area contributed by atoms with Crippen molar-refractivity contribution in [1.82, 2.24) is 0 Å². The third kappa shape index (κ3) is 4.71. The van der Waals surface area contributed by atoms with Gasteiger partial charge in [0.2, 0.25) is 0 Å². The first-order chi connectivity index (χ1) is 17.0. The summed E-state index contributed by atoms with van der Waals surface area (Å²) in [5.41, 5.74) is 2.56. The fraction of sp³-hybridized carbons (Fsp3) is 0.115. The van der Waals surface area contributed by atoms with E-state index < -0.39 is 5.82 Å². The topological polar surface area (TPSA) is 91.7 Å². The van der Waals surface area contributed by atoms with Gasteiger partial charge < -0.3 is 20.0 Å². The number of fused-ring (bicyclic) bond motifs is 1. The molecular weight excluding hydrogens is 469 g/mol. The van der Waals surface area contributed by atoms with Gasteiger partial charge in [-0.05, 0) is 79.1 Å². The summed E-state index contributed by atoms with van der Waals surface area (Å²) in [7, 11) is 0. The molecule has 9 heteroatoms. The molecule has 0 bridgehead atoms. The third-order valence-electron chi connectivity index (χ3n) is 5.65. The number of carbonyl (C=O) groups excluding carboxylic acids is 3. The Bertz CT molecular complexity index is 1400. The van der Waals surface area contributed by atoms with E-state index in [1.165, 1.54) is 41.9 Å². The van der Waals surface area contributed by atoms with E-state index in [1.807, 2.05) is 6.07 Å². The summed E-state index contributed by atoms with van der Waals surface area (Å²) in [6.45, 7) is 0.535. The fourth-order valence-electron chi connectivity index (χ4n) is 3.98. The van der Waals surface area contributed by atoms with E-state index in [0.29, 0.717) is 34.1 Å². The average molecular weight is 490 g/mol. The zero-order chi connectivity index (χ0) is 24.4. The largest absolute Gasteiger partial charge is 0.459 e. The van der Waals surface area contributed by atoms with Gasteiger partial charge in [-0.1, -0.05) is 6.07 Å². The van der Waals surface area contributed by atoms with Crippen LogP contribution in [0.2, 0.25) is 0 Å². The number of halogens is 1. The maximum absolute atomic E-state index is 13.4. The van der Waals surface area contributed by atoms with Crippen molar-refractivity contribution in [1.29, 1.82) is 0 Å². The SMILES string of the molecule is O=C(Nc1cccc2c1CCCN2C(=O)c1ccc(NC(=O)c2ccco2)s1)c1ccc(F)cc1. The quantitative estimate of drug-likeness (QED) is 0.383. The maximum atomic E-state index is 13.4. The van der Waals surface area contributed by atoms with Crippen LogP contribution in [0.15, 0.2) is 77.4 Å². The molecule has 1 aliphatic rings. The smallest absolute Gasteiger partial charge is 0.291 e. The van der Waals surface area contributed by atoms with Crippen LogP contribution < -0.4 is 15.5 Å². The summed E-state index contributed by atoms with van der Waals surface area (Å²) >= 11 is 1.18. The monoisotopic (exact) mass is 489 g/mol. The predicted molar refractivity (Wildman–Crippen MR) is 132 cm³/mol. The van der Waals surface area contributed by atoms with Crippen molar-refractivity contribution in [3.8, 4) is 0 Å². The summed E-state index contributed by atoms with van der Waals surface area (Å²) in [6.07, 6.45) is 2.85. The average Bonchev–Trinajstić information content (AvgIpc) is 3.57. The molecule has 0 aliphatic carbocycles. The fourth-order valence-corrected chi connectivity index (χ4v) is 4.83. The number of nitrogens with one attached hydrogen (secondary N) is 2. The number of rotatable bonds is 5. The number of benzene rings is 2. The number of nitrogens with zero attached hydrogens (tertiary/aromatic N) is 1. The molecule has 0 spiro atoms. The van der Waals surface area contributed by atoms with E-state index in [4.69, 9.17) is 4.42 Å². The minimum absolute atomic E-state index is 0.184. The Kier molecular flexibility index (Phi) is 6.15. The highest BCUT2D eigenvalue weighted by Crippen LogP contribution is 2.35. The number of furan rings is 1. The first-order valence-electron chi connectivity index (χ1n) is 10.9. The molecule has 3 heterocycles. The minimum atomic E-state index is -0.412. The number of amides is 3. The molecule has 0 radical (unpaired) electrons. The van der Waals surface area contributed by atoms with E-state index in [1.54, 1.807) is 41.3 Å². The van der Waals surface area contributed by atoms with E-state index in [2.05, 4.69) is 10.6 Å². The molecular formula is C26H20FN3O4S. The standard InChI is InChI=1S/C26H20FN3O4S/c27-17-10-8-16(9-11-17)24(31)28-19-5-1-6-20-18(19)4-2-14-30(20)26(33)22-12-13-23(35-22)29-25(32)21-7-3-15-34-21/h1,3,5-13,15H,2,4,14H2,(H,28,31)(H,29,32). The Morgan fingerprint density at radius 3 is 2.51 bits per heavy atom. The molecule has 4 aromatic rings. The highest BCUT2D eigenvalue weighted by Gasteiger charge is 2.27. The zero-order valence-electron chi connectivity index (χ0n) is 18.4. The van der Waals surface area contributed by atoms with Gasteiger partial charge in [-0.25, -0.2) is 4.39 Å². The second-order valence-corrected chi connectivity index (χ2v) is 9.00. The lowest BCUT2D eigenvalue weighted by Crippen LogP contribution is -2.35. The van der Waals surface area contributed by atoms with Gasteiger partial charge in [-0.15, -0.1) is 11.3 Å². The van der Waals surface area contributed by atoms with Crippen LogP contribution >= 0.6 is 11.3 Å². The zero-order valence-corrected chi connectivity index (χ0v) is 19.2. The first-order valence-corrected chi connectivity index (χ1v) is 11.8. The molecule has 0 fully saturated rings. The Labute approximate surface area is 204 Å². The van der Waals surface area contributed by atoms with Crippen LogP contribution in [0.5, 0.6) is 0 Å². The van der Waals surface area contributed by atoms with Crippen LogP contribution in [0.25, 0.3) is 0 Å². The molecule has 1 aliphatic heterocycles. The van der Waals surface area contributed by atoms with Gasteiger partial charge in [-0.2, -0.15) is 0 Å². The maximum Gasteiger partial charge on any atom is 0.291 e. The van der Waals surface area contributed by atoms with Crippen LogP contribution in [0.3, 0.4) is 0 Å². The van der Waals surface area contributed by atoms with Gasteiger partial charge >= 0.3 is 0 Å². The third-order valence-corrected chi connectivity index (χ3v) is 6.64. The molecule has 3 amide bonds. The summed E-state index contributed by atoms with van der Waals surface area (Å²) in [6, 6.07) is 17.3. The molecule has 176 valence electrons. The van der Waals surface area contributed by atoms with Crippen molar-refractivity contribution in [2.24, 2.45) is 0 Å². The van der Waals surface area contributed by atoms with Crippen LogP contribution in [0.1, 0.15) is 42.6 Å². The minimum Gasteiger partial charge on any atom is -0.459 e. The molecule has 35 heavy (non-hydrogen) atoms. The molecule has 2 aromatic carbocycles. The summed E-state index contributed by atoms with van der Waals surface area (Å²) < 4.78 is 18.3. The predicted octanol–water partition coefficient (Wildman–Crippen LogP) is 5.58. The second-order valence-electron chi connectivity index (χ2n) is 7.92. The summed E-state index contributed by atoms with van der Waals surface area (Å²) in [5.74, 6) is -1.15. The van der Waals surface area contributed by atoms with Crippen molar-refractivity contribution in [2.45, 2.75) is 12.8 Å². The van der Waals surface area contributed by atoms with Crippen LogP contribution in [0.4, 0.5) is 20.8 Å². The Balaban J connectivity index is 1.34. The highest BCUT2D eigenvalue weighted by atomic mass is 32.1. The summed E-state index contributed by atoms with van der Waals surface area (Å²) in [5, 5.41) is 6.16. The Morgan fingerprint density at radius 1 is 0.914 bits per heavy atom. The number of hydrogen-bond donors (Lipinski definition) is 2. The Morgan fingerprint density at radius 2 is 1.74 bits per heavy atom. The van der Waals surface area contributed by atoms with Gasteiger partial charge in [0.1, 0.15) is 5.82 Å². The number of thiophene rings is 1. The highest BCUT2D eigenvalue weighted by molar-refractivity contribution is 7.18. The van der Waals surface area contributed by atoms with E-state index in [9.17, 15) is 18.8 Å². The van der Waals surface area contributed by atoms with Crippen molar-refractivity contribution >= 4 is 45.4 Å². The molecule has 0 atom stereocenters. The molecule has 0 unspecified atom stereocenters. The van der Waals surface area contributed by atoms with Gasteiger partial charge in [0, 0.05) is 23.5 Å². The van der Waals surface area contributed by atoms with Crippen molar-refractivity contribution in [3.05, 3.63) is 101 Å². The lowest BCUT2D eigenvalue weighted by atomic mass is 9.99. The van der Waals surface area contributed by atoms with E-state index in [0.717, 1.165) is 17.7 Å². The van der Waals surface area contributed by atoms with E-state index >= 15 is 0 Å². The van der Waals surface area contributed by atoms with Crippen LogP contribution in [0, 0.1) is 5.82 Å². The molecule has 5 rings (SSSR count). The lowest BCUT2D eigenvalue weighted by molar-refractivity contribution is 0.0984. The number of hydrogen-bond acceptors (Lipinski definition) is 5. The van der Waals surface area contributed by atoms with Gasteiger partial charge in [0.15, 0.2) is 5.76 Å².